The number of fused-ring (bicyclic) bond motifs is 1. The molecule has 9 heteroatoms. The van der Waals surface area contributed by atoms with Gasteiger partial charge >= 0.3 is 0 Å². The molecule has 158 valence electrons. The molecular weight excluding hydrogens is 388 g/mol. The first-order valence-electron chi connectivity index (χ1n) is 9.23. The number of carbonyl (C=O) groups excluding carboxylic acids is 2. The standard InChI is InChI=1S/C21H24N4O5/c1-25-15-8-6-5-7-14(15)22-18(25)12-20(27)24-23-19(26)11-13-9-16(28-2)21(30-4)17(10-13)29-3/h5-10H,11-12H2,1-4H3,(H,23,26)(H,24,27). The molecule has 2 aromatic carbocycles. The number of benzene rings is 2. The first-order valence-corrected chi connectivity index (χ1v) is 9.23. The van der Waals surface area contributed by atoms with E-state index < -0.39 is 0 Å². The van der Waals surface area contributed by atoms with Crippen LogP contribution in [0.4, 0.5) is 0 Å². The summed E-state index contributed by atoms with van der Waals surface area (Å²) in [6.45, 7) is 0. The van der Waals surface area contributed by atoms with E-state index in [1.807, 2.05) is 35.9 Å². The van der Waals surface area contributed by atoms with Crippen molar-refractivity contribution >= 4 is 22.8 Å². The molecule has 2 amide bonds. The molecule has 2 N–H and O–H groups in total. The summed E-state index contributed by atoms with van der Waals surface area (Å²) in [4.78, 5) is 29.0. The van der Waals surface area contributed by atoms with Crippen molar-refractivity contribution in [1.29, 1.82) is 0 Å². The number of hydrazine groups is 1. The Morgan fingerprint density at radius 3 is 2.10 bits per heavy atom. The summed E-state index contributed by atoms with van der Waals surface area (Å²) in [5.74, 6) is 1.19. The highest BCUT2D eigenvalue weighted by Crippen LogP contribution is 2.38. The van der Waals surface area contributed by atoms with Crippen molar-refractivity contribution in [2.45, 2.75) is 12.8 Å². The zero-order valence-corrected chi connectivity index (χ0v) is 17.3. The topological polar surface area (TPSA) is 104 Å². The molecule has 0 spiro atoms. The summed E-state index contributed by atoms with van der Waals surface area (Å²) in [7, 11) is 6.36. The molecule has 0 aliphatic rings. The second kappa shape index (κ2) is 9.17. The van der Waals surface area contributed by atoms with Gasteiger partial charge in [0.25, 0.3) is 0 Å². The third-order valence-corrected chi connectivity index (χ3v) is 4.63. The van der Waals surface area contributed by atoms with Gasteiger partial charge in [-0.1, -0.05) is 12.1 Å². The highest BCUT2D eigenvalue weighted by molar-refractivity contribution is 5.85. The molecule has 0 aliphatic heterocycles. The van der Waals surface area contributed by atoms with E-state index in [2.05, 4.69) is 15.8 Å². The molecule has 1 aromatic heterocycles. The van der Waals surface area contributed by atoms with E-state index in [-0.39, 0.29) is 24.7 Å². The summed E-state index contributed by atoms with van der Waals surface area (Å²) in [6, 6.07) is 11.0. The fraction of sp³-hybridized carbons (Fsp3) is 0.286. The number of aromatic nitrogens is 2. The smallest absolute Gasteiger partial charge is 0.245 e. The van der Waals surface area contributed by atoms with Crippen molar-refractivity contribution in [3.05, 3.63) is 47.8 Å². The van der Waals surface area contributed by atoms with E-state index in [9.17, 15) is 9.59 Å². The van der Waals surface area contributed by atoms with Gasteiger partial charge in [-0.3, -0.25) is 20.4 Å². The number of hydrogen-bond donors (Lipinski definition) is 2. The zero-order valence-electron chi connectivity index (χ0n) is 17.3. The summed E-state index contributed by atoms with van der Waals surface area (Å²) in [5, 5.41) is 0. The predicted octanol–water partition coefficient (Wildman–Crippen LogP) is 1.53. The number of nitrogens with zero attached hydrogens (tertiary/aromatic N) is 2. The van der Waals surface area contributed by atoms with Crippen LogP contribution in [0.3, 0.4) is 0 Å². The van der Waals surface area contributed by atoms with Gasteiger partial charge in [0.15, 0.2) is 11.5 Å². The van der Waals surface area contributed by atoms with Crippen LogP contribution in [0.2, 0.25) is 0 Å². The monoisotopic (exact) mass is 412 g/mol. The van der Waals surface area contributed by atoms with Gasteiger partial charge in [-0.15, -0.1) is 0 Å². The van der Waals surface area contributed by atoms with E-state index in [1.54, 1.807) is 12.1 Å². The Morgan fingerprint density at radius 1 is 0.933 bits per heavy atom. The van der Waals surface area contributed by atoms with E-state index in [0.29, 0.717) is 28.6 Å². The number of rotatable bonds is 7. The number of ether oxygens (including phenoxy) is 3. The number of amides is 2. The minimum Gasteiger partial charge on any atom is -0.493 e. The Balaban J connectivity index is 1.60. The SMILES string of the molecule is COc1cc(CC(=O)NNC(=O)Cc2nc3ccccc3n2C)cc(OC)c1OC. The van der Waals surface area contributed by atoms with E-state index in [0.717, 1.165) is 11.0 Å². The Bertz CT molecular complexity index is 1050. The van der Waals surface area contributed by atoms with Gasteiger partial charge in [0.1, 0.15) is 5.82 Å². The van der Waals surface area contributed by atoms with E-state index in [4.69, 9.17) is 14.2 Å². The lowest BCUT2D eigenvalue weighted by atomic mass is 10.1. The van der Waals surface area contributed by atoms with Crippen LogP contribution in [0.1, 0.15) is 11.4 Å². The Hall–Kier alpha value is -3.75. The van der Waals surface area contributed by atoms with Crippen LogP contribution in [0.25, 0.3) is 11.0 Å². The number of para-hydroxylation sites is 2. The maximum atomic E-state index is 12.3. The molecule has 0 saturated heterocycles. The quantitative estimate of drug-likeness (QED) is 0.571. The van der Waals surface area contributed by atoms with Crippen molar-refractivity contribution in [2.24, 2.45) is 7.05 Å². The minimum atomic E-state index is -0.386. The Labute approximate surface area is 173 Å². The summed E-state index contributed by atoms with van der Waals surface area (Å²) in [6.07, 6.45) is 0.0545. The molecule has 3 rings (SSSR count). The van der Waals surface area contributed by atoms with Crippen LogP contribution >= 0.6 is 0 Å². The van der Waals surface area contributed by atoms with Crippen molar-refractivity contribution < 1.29 is 23.8 Å². The third-order valence-electron chi connectivity index (χ3n) is 4.63. The van der Waals surface area contributed by atoms with Gasteiger partial charge in [0, 0.05) is 7.05 Å². The van der Waals surface area contributed by atoms with E-state index in [1.165, 1.54) is 21.3 Å². The fourth-order valence-corrected chi connectivity index (χ4v) is 3.15. The molecule has 9 nitrogen and oxygen atoms in total. The molecule has 0 bridgehead atoms. The molecule has 1 heterocycles. The number of hydrogen-bond acceptors (Lipinski definition) is 6. The molecule has 0 atom stereocenters. The second-order valence-electron chi connectivity index (χ2n) is 6.56. The molecule has 3 aromatic rings. The van der Waals surface area contributed by atoms with Gasteiger partial charge in [-0.25, -0.2) is 4.98 Å². The van der Waals surface area contributed by atoms with Crippen LogP contribution in [0, 0.1) is 0 Å². The van der Waals surface area contributed by atoms with Crippen LogP contribution in [0.15, 0.2) is 36.4 Å². The van der Waals surface area contributed by atoms with Crippen LogP contribution in [0.5, 0.6) is 17.2 Å². The summed E-state index contributed by atoms with van der Waals surface area (Å²) < 4.78 is 17.7. The lowest BCUT2D eigenvalue weighted by Gasteiger charge is -2.14. The summed E-state index contributed by atoms with van der Waals surface area (Å²) in [5.41, 5.74) is 7.24. The number of methoxy groups -OCH3 is 3. The largest absolute Gasteiger partial charge is 0.493 e. The maximum absolute atomic E-state index is 12.3. The van der Waals surface area contributed by atoms with Crippen molar-refractivity contribution in [2.75, 3.05) is 21.3 Å². The molecule has 0 unspecified atom stereocenters. The van der Waals surface area contributed by atoms with Gasteiger partial charge in [-0.05, 0) is 29.8 Å². The lowest BCUT2D eigenvalue weighted by Crippen LogP contribution is -2.43. The van der Waals surface area contributed by atoms with Gasteiger partial charge < -0.3 is 18.8 Å². The van der Waals surface area contributed by atoms with Gasteiger partial charge in [0.05, 0.1) is 45.2 Å². The number of carbonyl (C=O) groups is 2. The van der Waals surface area contributed by atoms with Crippen LogP contribution in [-0.2, 0) is 29.5 Å². The van der Waals surface area contributed by atoms with Crippen molar-refractivity contribution in [3.63, 3.8) is 0 Å². The van der Waals surface area contributed by atoms with Crippen LogP contribution < -0.4 is 25.1 Å². The maximum Gasteiger partial charge on any atom is 0.245 e. The first kappa shape index (κ1) is 21.0. The van der Waals surface area contributed by atoms with Crippen molar-refractivity contribution in [3.8, 4) is 17.2 Å². The van der Waals surface area contributed by atoms with Crippen molar-refractivity contribution in [1.82, 2.24) is 20.4 Å². The molecule has 0 aliphatic carbocycles. The Kier molecular flexibility index (Phi) is 6.41. The summed E-state index contributed by atoms with van der Waals surface area (Å²) >= 11 is 0. The van der Waals surface area contributed by atoms with Gasteiger partial charge in [-0.2, -0.15) is 0 Å². The number of aryl methyl sites for hydroxylation is 1. The average Bonchev–Trinajstić information content (AvgIpc) is 3.06. The Morgan fingerprint density at radius 2 is 1.53 bits per heavy atom. The highest BCUT2D eigenvalue weighted by Gasteiger charge is 2.16. The van der Waals surface area contributed by atoms with E-state index >= 15 is 0 Å². The predicted molar refractivity (Wildman–Crippen MR) is 111 cm³/mol. The molecular formula is C21H24N4O5. The minimum absolute atomic E-state index is 0.0171. The lowest BCUT2D eigenvalue weighted by molar-refractivity contribution is -0.128. The molecule has 0 saturated carbocycles. The molecule has 0 radical (unpaired) electrons. The fourth-order valence-electron chi connectivity index (χ4n) is 3.15. The molecule has 0 fully saturated rings. The normalized spacial score (nSPS) is 10.5. The molecule has 30 heavy (non-hydrogen) atoms. The van der Waals surface area contributed by atoms with Gasteiger partial charge in [0.2, 0.25) is 17.6 Å². The number of nitrogens with one attached hydrogen (secondary N) is 2. The third kappa shape index (κ3) is 4.45. The highest BCUT2D eigenvalue weighted by atomic mass is 16.5. The van der Waals surface area contributed by atoms with Crippen LogP contribution in [-0.4, -0.2) is 42.7 Å². The second-order valence-corrected chi connectivity index (χ2v) is 6.56. The first-order chi connectivity index (χ1) is 14.5. The number of imidazole rings is 1. The average molecular weight is 412 g/mol. The zero-order chi connectivity index (χ0) is 21.7.